The van der Waals surface area contributed by atoms with Crippen LogP contribution in [-0.2, 0) is 0 Å². The highest BCUT2D eigenvalue weighted by atomic mass is 35.5. The zero-order valence-electron chi connectivity index (χ0n) is 11.6. The van der Waals surface area contributed by atoms with Gasteiger partial charge in [0.1, 0.15) is 5.75 Å². The third-order valence-electron chi connectivity index (χ3n) is 3.61. The molecule has 2 N–H and O–H groups in total. The Bertz CT molecular complexity index is 679. The maximum Gasteiger partial charge on any atom is 0.191 e. The van der Waals surface area contributed by atoms with Gasteiger partial charge in [-0.05, 0) is 41.8 Å². The van der Waals surface area contributed by atoms with Gasteiger partial charge in [-0.3, -0.25) is 4.98 Å². The number of nitrogens with zero attached hydrogens (tertiary/aromatic N) is 2. The van der Waals surface area contributed by atoms with Crippen LogP contribution in [0.2, 0.25) is 0 Å². The van der Waals surface area contributed by atoms with Crippen molar-refractivity contribution in [1.82, 2.24) is 4.98 Å². The van der Waals surface area contributed by atoms with Crippen molar-refractivity contribution in [2.24, 2.45) is 5.73 Å². The second-order valence-corrected chi connectivity index (χ2v) is 5.01. The topological polar surface area (TPSA) is 52.5 Å². The molecule has 21 heavy (non-hydrogen) atoms. The summed E-state index contributed by atoms with van der Waals surface area (Å²) in [4.78, 5) is 7.94. The van der Waals surface area contributed by atoms with Crippen molar-refractivity contribution in [3.05, 3.63) is 53.5 Å². The zero-order valence-corrected chi connectivity index (χ0v) is 12.4. The van der Waals surface area contributed by atoms with E-state index in [-0.39, 0.29) is 18.4 Å². The first-order chi connectivity index (χ1) is 9.71. The van der Waals surface area contributed by atoms with E-state index in [1.165, 1.54) is 5.56 Å². The zero-order chi connectivity index (χ0) is 14.1. The lowest BCUT2D eigenvalue weighted by atomic mass is 10.1. The number of benzene rings is 1. The largest absolute Gasteiger partial charge is 0.498 e. The van der Waals surface area contributed by atoms with Crippen molar-refractivity contribution in [2.45, 2.75) is 18.4 Å². The van der Waals surface area contributed by atoms with E-state index < -0.39 is 0 Å². The molecular formula is C16H16ClN3O. The summed E-state index contributed by atoms with van der Waals surface area (Å²) in [6.07, 6.45) is 2.92. The molecule has 1 aromatic carbocycles. The molecule has 0 unspecified atom stereocenters. The SMILES string of the molecule is Cl.[C-]#[N+]c1cc(OC)cc(-c2ccc([C@H]3C[C@@H]3N)cn2)c1. The van der Waals surface area contributed by atoms with Gasteiger partial charge in [-0.1, -0.05) is 6.07 Å². The van der Waals surface area contributed by atoms with Crippen molar-refractivity contribution >= 4 is 18.1 Å². The van der Waals surface area contributed by atoms with E-state index in [0.717, 1.165) is 17.7 Å². The van der Waals surface area contributed by atoms with Crippen LogP contribution in [-0.4, -0.2) is 18.1 Å². The van der Waals surface area contributed by atoms with Gasteiger partial charge in [-0.15, -0.1) is 12.4 Å². The Balaban J connectivity index is 0.00000161. The summed E-state index contributed by atoms with van der Waals surface area (Å²) in [5, 5.41) is 0. The van der Waals surface area contributed by atoms with Gasteiger partial charge in [0.25, 0.3) is 0 Å². The predicted octanol–water partition coefficient (Wildman–Crippen LogP) is 3.54. The minimum atomic E-state index is 0. The van der Waals surface area contributed by atoms with Gasteiger partial charge in [0.15, 0.2) is 5.69 Å². The summed E-state index contributed by atoms with van der Waals surface area (Å²) in [6.45, 7) is 7.13. The van der Waals surface area contributed by atoms with Crippen LogP contribution in [0.5, 0.6) is 5.75 Å². The highest BCUT2D eigenvalue weighted by Gasteiger charge is 2.34. The molecule has 2 atom stereocenters. The van der Waals surface area contributed by atoms with E-state index in [2.05, 4.69) is 15.9 Å². The van der Waals surface area contributed by atoms with Gasteiger partial charge >= 0.3 is 0 Å². The van der Waals surface area contributed by atoms with Crippen LogP contribution in [0.15, 0.2) is 36.5 Å². The molecule has 1 fully saturated rings. The fraction of sp³-hybridized carbons (Fsp3) is 0.250. The number of methoxy groups -OCH3 is 1. The van der Waals surface area contributed by atoms with E-state index in [4.69, 9.17) is 17.0 Å². The Hall–Kier alpha value is -2.09. The average Bonchev–Trinajstić information content (AvgIpc) is 3.23. The molecule has 0 aliphatic heterocycles. The number of hydrogen-bond donors (Lipinski definition) is 1. The van der Waals surface area contributed by atoms with Crippen molar-refractivity contribution in [3.63, 3.8) is 0 Å². The monoisotopic (exact) mass is 301 g/mol. The Morgan fingerprint density at radius 1 is 1.33 bits per heavy atom. The van der Waals surface area contributed by atoms with E-state index in [9.17, 15) is 0 Å². The number of pyridine rings is 1. The number of aromatic nitrogens is 1. The van der Waals surface area contributed by atoms with Gasteiger partial charge in [-0.25, -0.2) is 4.85 Å². The van der Waals surface area contributed by atoms with Gasteiger partial charge in [0.2, 0.25) is 0 Å². The molecule has 0 spiro atoms. The Morgan fingerprint density at radius 3 is 2.62 bits per heavy atom. The van der Waals surface area contributed by atoms with Crippen LogP contribution in [0.3, 0.4) is 0 Å². The fourth-order valence-corrected chi connectivity index (χ4v) is 2.31. The van der Waals surface area contributed by atoms with Crippen molar-refractivity contribution in [3.8, 4) is 17.0 Å². The maximum atomic E-state index is 7.13. The average molecular weight is 302 g/mol. The maximum absolute atomic E-state index is 7.13. The fourth-order valence-electron chi connectivity index (χ4n) is 2.31. The highest BCUT2D eigenvalue weighted by molar-refractivity contribution is 5.85. The third kappa shape index (κ3) is 3.15. The molecule has 3 rings (SSSR count). The van der Waals surface area contributed by atoms with Crippen LogP contribution < -0.4 is 10.5 Å². The molecule has 1 aliphatic carbocycles. The van der Waals surface area contributed by atoms with Gasteiger partial charge in [0.05, 0.1) is 19.4 Å². The lowest BCUT2D eigenvalue weighted by molar-refractivity contribution is 0.415. The minimum Gasteiger partial charge on any atom is -0.498 e. The molecule has 2 aromatic rings. The minimum absolute atomic E-state index is 0. The first kappa shape index (κ1) is 15.3. The number of halogens is 1. The summed E-state index contributed by atoms with van der Waals surface area (Å²) in [5.74, 6) is 1.13. The quantitative estimate of drug-likeness (QED) is 0.882. The molecule has 0 radical (unpaired) electrons. The predicted molar refractivity (Wildman–Crippen MR) is 85.1 cm³/mol. The van der Waals surface area contributed by atoms with E-state index in [1.807, 2.05) is 24.4 Å². The van der Waals surface area contributed by atoms with Crippen LogP contribution in [0.1, 0.15) is 17.9 Å². The lowest BCUT2D eigenvalue weighted by Gasteiger charge is -2.06. The molecule has 1 aromatic heterocycles. The normalized spacial score (nSPS) is 19.3. The summed E-state index contributed by atoms with van der Waals surface area (Å²) < 4.78 is 5.22. The smallest absolute Gasteiger partial charge is 0.191 e. The summed E-state index contributed by atoms with van der Waals surface area (Å²) in [6, 6.07) is 9.75. The number of nitrogens with two attached hydrogens (primary N) is 1. The third-order valence-corrected chi connectivity index (χ3v) is 3.61. The molecule has 0 saturated heterocycles. The van der Waals surface area contributed by atoms with Crippen molar-refractivity contribution < 1.29 is 4.74 Å². The summed E-state index contributed by atoms with van der Waals surface area (Å²) >= 11 is 0. The first-order valence-corrected chi connectivity index (χ1v) is 6.49. The highest BCUT2D eigenvalue weighted by Crippen LogP contribution is 2.39. The summed E-state index contributed by atoms with van der Waals surface area (Å²) in [7, 11) is 1.60. The van der Waals surface area contributed by atoms with Crippen molar-refractivity contribution in [2.75, 3.05) is 7.11 Å². The standard InChI is InChI=1S/C16H15N3O.ClH/c1-18-12-5-11(6-13(7-12)20-2)16-4-3-10(9-19-16)14-8-15(14)17;/h3-7,9,14-15H,8,17H2,2H3;1H/t14-,15+;/m1./s1. The van der Waals surface area contributed by atoms with E-state index in [1.54, 1.807) is 13.2 Å². The Kier molecular flexibility index (Phi) is 4.46. The number of hydrogen-bond acceptors (Lipinski definition) is 3. The van der Waals surface area contributed by atoms with Crippen LogP contribution in [0.25, 0.3) is 16.1 Å². The number of rotatable bonds is 3. The van der Waals surface area contributed by atoms with Gasteiger partial charge in [0, 0.05) is 18.2 Å². The van der Waals surface area contributed by atoms with Gasteiger partial charge in [-0.2, -0.15) is 0 Å². The summed E-state index contributed by atoms with van der Waals surface area (Å²) in [5.41, 5.74) is 9.32. The number of ether oxygens (including phenoxy) is 1. The molecule has 108 valence electrons. The Labute approximate surface area is 130 Å². The van der Waals surface area contributed by atoms with Crippen LogP contribution >= 0.6 is 12.4 Å². The van der Waals surface area contributed by atoms with E-state index in [0.29, 0.717) is 17.4 Å². The van der Waals surface area contributed by atoms with Gasteiger partial charge < -0.3 is 10.5 Å². The molecule has 5 heteroatoms. The second kappa shape index (κ2) is 6.13. The molecule has 0 amide bonds. The van der Waals surface area contributed by atoms with Crippen molar-refractivity contribution in [1.29, 1.82) is 0 Å². The van der Waals surface area contributed by atoms with Crippen LogP contribution in [0, 0.1) is 6.57 Å². The lowest BCUT2D eigenvalue weighted by Crippen LogP contribution is -2.01. The first-order valence-electron chi connectivity index (χ1n) is 6.49. The molecule has 1 saturated carbocycles. The van der Waals surface area contributed by atoms with E-state index >= 15 is 0 Å². The molecule has 1 heterocycles. The molecule has 0 bridgehead atoms. The Morgan fingerprint density at radius 2 is 2.10 bits per heavy atom. The molecule has 4 nitrogen and oxygen atoms in total. The second-order valence-electron chi connectivity index (χ2n) is 5.01. The molecular weight excluding hydrogens is 286 g/mol. The molecule has 1 aliphatic rings. The van der Waals surface area contributed by atoms with Crippen LogP contribution in [0.4, 0.5) is 5.69 Å².